The lowest BCUT2D eigenvalue weighted by atomic mass is 9.87. The second-order valence-electron chi connectivity index (χ2n) is 4.46. The first-order valence-electron chi connectivity index (χ1n) is 5.30. The third-order valence-electron chi connectivity index (χ3n) is 3.76. The molecule has 2 unspecified atom stereocenters. The Morgan fingerprint density at radius 2 is 2.21 bits per heavy atom. The van der Waals surface area contributed by atoms with E-state index in [1.165, 1.54) is 17.5 Å². The first kappa shape index (κ1) is 8.75. The summed E-state index contributed by atoms with van der Waals surface area (Å²) in [6.07, 6.45) is 1.27. The van der Waals surface area contributed by atoms with Crippen molar-refractivity contribution in [1.29, 1.82) is 0 Å². The van der Waals surface area contributed by atoms with Gasteiger partial charge in [-0.3, -0.25) is 0 Å². The molecular formula is C12H14ClN. The minimum absolute atomic E-state index is 0.544. The van der Waals surface area contributed by atoms with Crippen molar-refractivity contribution in [2.24, 2.45) is 5.92 Å². The highest BCUT2D eigenvalue weighted by Crippen LogP contribution is 2.49. The molecule has 1 heterocycles. The number of hydrogen-bond donors (Lipinski definition) is 1. The van der Waals surface area contributed by atoms with Crippen LogP contribution in [0, 0.1) is 5.92 Å². The molecule has 3 atom stereocenters. The first-order chi connectivity index (χ1) is 6.77. The number of benzene rings is 1. The predicted molar refractivity (Wildman–Crippen MR) is 58.7 cm³/mol. The molecule has 74 valence electrons. The molecule has 1 aromatic carbocycles. The third kappa shape index (κ3) is 1.06. The molecule has 0 aromatic heterocycles. The molecule has 14 heavy (non-hydrogen) atoms. The molecule has 0 radical (unpaired) electrons. The molecule has 1 fully saturated rings. The Bertz CT molecular complexity index is 375. The van der Waals surface area contributed by atoms with Crippen LogP contribution < -0.4 is 5.32 Å². The Balaban J connectivity index is 2.16. The van der Waals surface area contributed by atoms with Gasteiger partial charge in [0.15, 0.2) is 0 Å². The molecule has 1 N–H and O–H groups in total. The summed E-state index contributed by atoms with van der Waals surface area (Å²) in [5.74, 6) is 1.49. The summed E-state index contributed by atoms with van der Waals surface area (Å²) in [6, 6.07) is 6.91. The summed E-state index contributed by atoms with van der Waals surface area (Å²) in [4.78, 5) is 0. The van der Waals surface area contributed by atoms with Gasteiger partial charge in [0.1, 0.15) is 0 Å². The van der Waals surface area contributed by atoms with Crippen molar-refractivity contribution in [1.82, 2.24) is 5.32 Å². The maximum atomic E-state index is 6.03. The average Bonchev–Trinajstić information content (AvgIpc) is 2.35. The largest absolute Gasteiger partial charge is 0.310 e. The van der Waals surface area contributed by atoms with Gasteiger partial charge < -0.3 is 5.32 Å². The molecule has 1 aromatic rings. The molecule has 0 amide bonds. The van der Waals surface area contributed by atoms with Gasteiger partial charge in [-0.15, -0.1) is 0 Å². The van der Waals surface area contributed by atoms with Crippen LogP contribution in [0.2, 0.25) is 5.02 Å². The van der Waals surface area contributed by atoms with Crippen molar-refractivity contribution < 1.29 is 0 Å². The van der Waals surface area contributed by atoms with E-state index in [2.05, 4.69) is 24.4 Å². The Morgan fingerprint density at radius 1 is 1.36 bits per heavy atom. The van der Waals surface area contributed by atoms with E-state index in [0.29, 0.717) is 6.04 Å². The number of hydrogen-bond acceptors (Lipinski definition) is 1. The lowest BCUT2D eigenvalue weighted by Crippen LogP contribution is -2.31. The quantitative estimate of drug-likeness (QED) is 0.690. The highest BCUT2D eigenvalue weighted by Gasteiger charge is 2.40. The lowest BCUT2D eigenvalue weighted by molar-refractivity contribution is 0.300. The van der Waals surface area contributed by atoms with Gasteiger partial charge in [-0.05, 0) is 48.1 Å². The standard InChI is InChI=1S/C12H14ClN/c1-7-9-4-5-14-12(7)11-6-8(13)2-3-10(9)11/h2-3,6-7,9,12,14H,4-5H2,1H3/t7-,9?,12?/m0/s1. The van der Waals surface area contributed by atoms with Crippen molar-refractivity contribution in [3.8, 4) is 0 Å². The molecule has 1 aliphatic carbocycles. The zero-order valence-electron chi connectivity index (χ0n) is 8.26. The smallest absolute Gasteiger partial charge is 0.0409 e. The van der Waals surface area contributed by atoms with Gasteiger partial charge in [0.05, 0.1) is 0 Å². The number of piperidine rings is 1. The topological polar surface area (TPSA) is 12.0 Å². The third-order valence-corrected chi connectivity index (χ3v) is 4.00. The fraction of sp³-hybridized carbons (Fsp3) is 0.500. The van der Waals surface area contributed by atoms with Crippen molar-refractivity contribution in [2.45, 2.75) is 25.3 Å². The van der Waals surface area contributed by atoms with Crippen LogP contribution in [-0.4, -0.2) is 6.54 Å². The van der Waals surface area contributed by atoms with Crippen LogP contribution in [0.4, 0.5) is 0 Å². The van der Waals surface area contributed by atoms with Crippen LogP contribution >= 0.6 is 11.6 Å². The van der Waals surface area contributed by atoms with Crippen molar-refractivity contribution in [3.05, 3.63) is 34.3 Å². The van der Waals surface area contributed by atoms with Crippen LogP contribution in [0.15, 0.2) is 18.2 Å². The predicted octanol–water partition coefficient (Wildman–Crippen LogP) is 3.11. The monoisotopic (exact) mass is 207 g/mol. The second kappa shape index (κ2) is 2.98. The molecule has 2 bridgehead atoms. The fourth-order valence-electron chi connectivity index (χ4n) is 3.06. The van der Waals surface area contributed by atoms with Crippen LogP contribution in [0.25, 0.3) is 0 Å². The summed E-state index contributed by atoms with van der Waals surface area (Å²) in [6.45, 7) is 3.49. The second-order valence-corrected chi connectivity index (χ2v) is 4.90. The summed E-state index contributed by atoms with van der Waals surface area (Å²) in [5, 5.41) is 4.45. The van der Waals surface area contributed by atoms with Crippen molar-refractivity contribution in [2.75, 3.05) is 6.54 Å². The van der Waals surface area contributed by atoms with Crippen LogP contribution in [0.5, 0.6) is 0 Å². The van der Waals surface area contributed by atoms with E-state index < -0.39 is 0 Å². The SMILES string of the molecule is C[C@H]1C2CCNC1c1cc(Cl)ccc12. The molecule has 0 spiro atoms. The van der Waals surface area contributed by atoms with Gasteiger partial charge in [-0.2, -0.15) is 0 Å². The molecular weight excluding hydrogens is 194 g/mol. The van der Waals surface area contributed by atoms with E-state index in [4.69, 9.17) is 11.6 Å². The lowest BCUT2D eigenvalue weighted by Gasteiger charge is -2.28. The molecule has 1 aliphatic heterocycles. The molecule has 2 aliphatic rings. The van der Waals surface area contributed by atoms with Gasteiger partial charge in [-0.25, -0.2) is 0 Å². The zero-order chi connectivity index (χ0) is 9.71. The maximum Gasteiger partial charge on any atom is 0.0409 e. The Kier molecular flexibility index (Phi) is 1.86. The van der Waals surface area contributed by atoms with Gasteiger partial charge in [-0.1, -0.05) is 24.6 Å². The Hall–Kier alpha value is -0.530. The van der Waals surface area contributed by atoms with Gasteiger partial charge >= 0.3 is 0 Å². The fourth-order valence-corrected chi connectivity index (χ4v) is 3.24. The van der Waals surface area contributed by atoms with Crippen LogP contribution in [0.3, 0.4) is 0 Å². The van der Waals surface area contributed by atoms with E-state index in [9.17, 15) is 0 Å². The maximum absolute atomic E-state index is 6.03. The summed E-state index contributed by atoms with van der Waals surface area (Å²) >= 11 is 6.03. The van der Waals surface area contributed by atoms with Gasteiger partial charge in [0.2, 0.25) is 0 Å². The minimum Gasteiger partial charge on any atom is -0.310 e. The van der Waals surface area contributed by atoms with E-state index >= 15 is 0 Å². The number of fused-ring (bicyclic) bond motifs is 5. The molecule has 2 heteroatoms. The Labute approximate surface area is 89.5 Å². The highest BCUT2D eigenvalue weighted by molar-refractivity contribution is 6.30. The van der Waals surface area contributed by atoms with Crippen LogP contribution in [0.1, 0.15) is 36.4 Å². The highest BCUT2D eigenvalue weighted by atomic mass is 35.5. The van der Waals surface area contributed by atoms with Crippen LogP contribution in [-0.2, 0) is 0 Å². The van der Waals surface area contributed by atoms with E-state index in [-0.39, 0.29) is 0 Å². The normalized spacial score (nSPS) is 34.3. The minimum atomic E-state index is 0.544. The summed E-state index contributed by atoms with van der Waals surface area (Å²) in [7, 11) is 0. The first-order valence-corrected chi connectivity index (χ1v) is 5.68. The van der Waals surface area contributed by atoms with Gasteiger partial charge in [0.25, 0.3) is 0 Å². The molecule has 3 rings (SSSR count). The van der Waals surface area contributed by atoms with E-state index in [1.807, 2.05) is 6.07 Å². The van der Waals surface area contributed by atoms with E-state index in [1.54, 1.807) is 0 Å². The zero-order valence-corrected chi connectivity index (χ0v) is 9.01. The molecule has 0 saturated carbocycles. The number of rotatable bonds is 0. The van der Waals surface area contributed by atoms with E-state index in [0.717, 1.165) is 23.4 Å². The number of nitrogens with one attached hydrogen (secondary N) is 1. The summed E-state index contributed by atoms with van der Waals surface area (Å²) in [5.41, 5.74) is 2.96. The average molecular weight is 208 g/mol. The Morgan fingerprint density at radius 3 is 3.07 bits per heavy atom. The number of halogens is 1. The van der Waals surface area contributed by atoms with Crippen molar-refractivity contribution >= 4 is 11.6 Å². The van der Waals surface area contributed by atoms with Gasteiger partial charge in [0, 0.05) is 11.1 Å². The molecule has 1 nitrogen and oxygen atoms in total. The summed E-state index contributed by atoms with van der Waals surface area (Å²) < 4.78 is 0. The van der Waals surface area contributed by atoms with Crippen molar-refractivity contribution in [3.63, 3.8) is 0 Å². The molecule has 1 saturated heterocycles.